The molecule has 0 heterocycles. The highest BCUT2D eigenvalue weighted by molar-refractivity contribution is 5.90. The number of hydrogen-bond donors (Lipinski definition) is 1. The van der Waals surface area contributed by atoms with Crippen molar-refractivity contribution in [2.75, 3.05) is 26.9 Å². The summed E-state index contributed by atoms with van der Waals surface area (Å²) >= 11 is 0. The van der Waals surface area contributed by atoms with E-state index in [9.17, 15) is 14.0 Å². The Morgan fingerprint density at radius 3 is 2.28 bits per heavy atom. The Kier molecular flexibility index (Phi) is 11.2. The van der Waals surface area contributed by atoms with Crippen molar-refractivity contribution in [1.29, 1.82) is 0 Å². The Morgan fingerprint density at radius 1 is 0.897 bits per heavy atom. The minimum absolute atomic E-state index is 0.247. The Balaban J connectivity index is 1.47. The van der Waals surface area contributed by atoms with Crippen molar-refractivity contribution in [3.05, 3.63) is 89.8 Å². The number of esters is 1. The molecule has 206 valence electrons. The molecule has 1 N–H and O–H groups in total. The number of ether oxygens (including phenoxy) is 5. The molecule has 39 heavy (non-hydrogen) atoms. The fraction of sp³-hybridized carbons (Fsp3) is 0.267. The third-order valence-electron chi connectivity index (χ3n) is 5.39. The minimum Gasteiger partial charge on any atom is -0.497 e. The number of amides is 1. The second-order valence-electron chi connectivity index (χ2n) is 8.27. The van der Waals surface area contributed by atoms with Crippen LogP contribution in [0.15, 0.2) is 72.8 Å². The summed E-state index contributed by atoms with van der Waals surface area (Å²) in [5, 5.41) is 2.74. The second kappa shape index (κ2) is 15.0. The van der Waals surface area contributed by atoms with Crippen molar-refractivity contribution >= 4 is 18.0 Å². The maximum Gasteiger partial charge on any atom is 0.331 e. The molecule has 0 radical (unpaired) electrons. The molecule has 9 heteroatoms. The lowest BCUT2D eigenvalue weighted by Crippen LogP contribution is -2.35. The molecule has 0 aliphatic rings. The van der Waals surface area contributed by atoms with E-state index in [1.165, 1.54) is 25.1 Å². The van der Waals surface area contributed by atoms with Crippen molar-refractivity contribution < 1.29 is 37.7 Å². The number of carbonyl (C=O) groups excluding carboxylic acids is 2. The Hall–Kier alpha value is -4.53. The molecular formula is C30H32FNO7. The zero-order chi connectivity index (χ0) is 28.0. The van der Waals surface area contributed by atoms with E-state index < -0.39 is 18.0 Å². The molecule has 3 aromatic carbocycles. The largest absolute Gasteiger partial charge is 0.497 e. The van der Waals surface area contributed by atoms with E-state index in [1.807, 2.05) is 19.1 Å². The van der Waals surface area contributed by atoms with Gasteiger partial charge in [-0.05, 0) is 79.6 Å². The lowest BCUT2D eigenvalue weighted by Gasteiger charge is -2.13. The van der Waals surface area contributed by atoms with Crippen LogP contribution in [0.1, 0.15) is 25.0 Å². The number of hydrogen-bond acceptors (Lipinski definition) is 7. The number of methoxy groups -OCH3 is 1. The summed E-state index contributed by atoms with van der Waals surface area (Å²) in [5.41, 5.74) is 1.57. The first-order valence-corrected chi connectivity index (χ1v) is 12.4. The van der Waals surface area contributed by atoms with Gasteiger partial charge in [0.15, 0.2) is 17.6 Å². The van der Waals surface area contributed by atoms with Crippen LogP contribution < -0.4 is 24.3 Å². The average Bonchev–Trinajstić information content (AvgIpc) is 2.95. The molecule has 0 fully saturated rings. The molecule has 0 saturated carbocycles. The third-order valence-corrected chi connectivity index (χ3v) is 5.39. The SMILES string of the molecule is CCOc1cc(C=CC(=O)OC(C)C(=O)NCc2ccc(OC)cc2)ccc1OCCOc1ccc(F)cc1. The molecular weight excluding hydrogens is 505 g/mol. The molecule has 8 nitrogen and oxygen atoms in total. The number of halogens is 1. The molecule has 0 aliphatic heterocycles. The first-order valence-electron chi connectivity index (χ1n) is 12.4. The van der Waals surface area contributed by atoms with Gasteiger partial charge in [0.05, 0.1) is 13.7 Å². The van der Waals surface area contributed by atoms with Crippen molar-refractivity contribution in [2.45, 2.75) is 26.5 Å². The summed E-state index contributed by atoms with van der Waals surface area (Å²) in [4.78, 5) is 24.6. The van der Waals surface area contributed by atoms with Crippen LogP contribution in [-0.4, -0.2) is 44.9 Å². The van der Waals surface area contributed by atoms with E-state index in [2.05, 4.69) is 5.32 Å². The smallest absolute Gasteiger partial charge is 0.331 e. The monoisotopic (exact) mass is 537 g/mol. The van der Waals surface area contributed by atoms with E-state index >= 15 is 0 Å². The predicted octanol–water partition coefficient (Wildman–Crippen LogP) is 4.95. The van der Waals surface area contributed by atoms with Gasteiger partial charge in [-0.3, -0.25) is 4.79 Å². The molecule has 1 amide bonds. The highest BCUT2D eigenvalue weighted by Gasteiger charge is 2.16. The predicted molar refractivity (Wildman–Crippen MR) is 144 cm³/mol. The summed E-state index contributed by atoms with van der Waals surface area (Å²) in [7, 11) is 1.58. The molecule has 0 saturated heterocycles. The van der Waals surface area contributed by atoms with Crippen LogP contribution in [0.3, 0.4) is 0 Å². The number of nitrogens with one attached hydrogen (secondary N) is 1. The molecule has 0 aliphatic carbocycles. The van der Waals surface area contributed by atoms with Crippen LogP contribution in [0, 0.1) is 5.82 Å². The zero-order valence-electron chi connectivity index (χ0n) is 22.1. The van der Waals surface area contributed by atoms with Gasteiger partial charge in [-0.2, -0.15) is 0 Å². The lowest BCUT2D eigenvalue weighted by atomic mass is 10.2. The Labute approximate surface area is 227 Å². The Bertz CT molecular complexity index is 1240. The van der Waals surface area contributed by atoms with Gasteiger partial charge in [-0.1, -0.05) is 18.2 Å². The Morgan fingerprint density at radius 2 is 1.59 bits per heavy atom. The maximum absolute atomic E-state index is 13.0. The van der Waals surface area contributed by atoms with Crippen LogP contribution >= 0.6 is 0 Å². The van der Waals surface area contributed by atoms with E-state index in [1.54, 1.807) is 55.7 Å². The number of benzene rings is 3. The summed E-state index contributed by atoms with van der Waals surface area (Å²) in [6.45, 7) is 4.58. The van der Waals surface area contributed by atoms with Crippen LogP contribution in [-0.2, 0) is 20.9 Å². The highest BCUT2D eigenvalue weighted by Crippen LogP contribution is 2.29. The van der Waals surface area contributed by atoms with Gasteiger partial charge in [0.2, 0.25) is 0 Å². The van der Waals surface area contributed by atoms with Crippen LogP contribution in [0.2, 0.25) is 0 Å². The number of carbonyl (C=O) groups is 2. The van der Waals surface area contributed by atoms with Crippen molar-refractivity contribution in [3.63, 3.8) is 0 Å². The van der Waals surface area contributed by atoms with Gasteiger partial charge < -0.3 is 29.0 Å². The van der Waals surface area contributed by atoms with Crippen molar-refractivity contribution in [3.8, 4) is 23.0 Å². The molecule has 1 unspecified atom stereocenters. The average molecular weight is 538 g/mol. The maximum atomic E-state index is 13.0. The third kappa shape index (κ3) is 9.70. The van der Waals surface area contributed by atoms with Crippen LogP contribution in [0.5, 0.6) is 23.0 Å². The van der Waals surface area contributed by atoms with Gasteiger partial charge in [0, 0.05) is 12.6 Å². The van der Waals surface area contributed by atoms with Gasteiger partial charge >= 0.3 is 5.97 Å². The normalized spacial score (nSPS) is 11.5. The second-order valence-corrected chi connectivity index (χ2v) is 8.27. The standard InChI is InChI=1S/C30H32FNO7/c1-4-36-28-19-22(7-15-27(28)38-18-17-37-26-13-9-24(31)10-14-26)8-16-29(33)39-21(2)30(34)32-20-23-5-11-25(35-3)12-6-23/h5-16,19,21H,4,17-18,20H2,1-3H3,(H,32,34). The van der Waals surface area contributed by atoms with E-state index in [-0.39, 0.29) is 19.0 Å². The van der Waals surface area contributed by atoms with Gasteiger partial charge in [-0.25, -0.2) is 9.18 Å². The molecule has 1 atom stereocenters. The quantitative estimate of drug-likeness (QED) is 0.177. The summed E-state index contributed by atoms with van der Waals surface area (Å²) in [6.07, 6.45) is 1.84. The fourth-order valence-electron chi connectivity index (χ4n) is 3.37. The topological polar surface area (TPSA) is 92.3 Å². The molecule has 0 spiro atoms. The first kappa shape index (κ1) is 29.0. The summed E-state index contributed by atoms with van der Waals surface area (Å²) < 4.78 is 40.3. The number of rotatable bonds is 14. The van der Waals surface area contributed by atoms with Crippen LogP contribution in [0.4, 0.5) is 4.39 Å². The first-order chi connectivity index (χ1) is 18.9. The van der Waals surface area contributed by atoms with Crippen molar-refractivity contribution in [2.24, 2.45) is 0 Å². The van der Waals surface area contributed by atoms with Gasteiger partial charge in [-0.15, -0.1) is 0 Å². The fourth-order valence-corrected chi connectivity index (χ4v) is 3.37. The van der Waals surface area contributed by atoms with Gasteiger partial charge in [0.1, 0.15) is 30.5 Å². The molecule has 0 aromatic heterocycles. The van der Waals surface area contributed by atoms with E-state index in [0.29, 0.717) is 36.0 Å². The summed E-state index contributed by atoms with van der Waals surface area (Å²) in [6, 6.07) is 18.2. The van der Waals surface area contributed by atoms with Crippen molar-refractivity contribution in [1.82, 2.24) is 5.32 Å². The molecule has 3 rings (SSSR count). The highest BCUT2D eigenvalue weighted by atomic mass is 19.1. The minimum atomic E-state index is -0.965. The molecule has 0 bridgehead atoms. The van der Waals surface area contributed by atoms with Crippen LogP contribution in [0.25, 0.3) is 6.08 Å². The zero-order valence-corrected chi connectivity index (χ0v) is 22.1. The lowest BCUT2D eigenvalue weighted by molar-refractivity contribution is -0.150. The summed E-state index contributed by atoms with van der Waals surface area (Å²) in [5.74, 6) is 0.893. The van der Waals surface area contributed by atoms with E-state index in [4.69, 9.17) is 23.7 Å². The van der Waals surface area contributed by atoms with E-state index in [0.717, 1.165) is 11.3 Å². The van der Waals surface area contributed by atoms with Gasteiger partial charge in [0.25, 0.3) is 5.91 Å². The molecule has 3 aromatic rings.